The average molecular weight is 445 g/mol. The topological polar surface area (TPSA) is 78.0 Å². The second kappa shape index (κ2) is 8.29. The summed E-state index contributed by atoms with van der Waals surface area (Å²) in [7, 11) is 1.64. The molecule has 0 aliphatic carbocycles. The molecule has 1 N–H and O–H groups in total. The number of rotatable bonds is 5. The largest absolute Gasteiger partial charge is 0.495 e. The maximum Gasteiger partial charge on any atom is 0.174 e. The van der Waals surface area contributed by atoms with E-state index in [0.717, 1.165) is 29.1 Å². The third kappa shape index (κ3) is 3.93. The normalized spacial score (nSPS) is 17.9. The Kier molecular flexibility index (Phi) is 5.30. The van der Waals surface area contributed by atoms with Crippen LogP contribution in [0.25, 0.3) is 17.8 Å². The molecule has 33 heavy (non-hydrogen) atoms. The van der Waals surface area contributed by atoms with Crippen molar-refractivity contribution < 1.29 is 14.2 Å². The molecule has 0 amide bonds. The molecule has 3 heterocycles. The van der Waals surface area contributed by atoms with Gasteiger partial charge in [0.2, 0.25) is 0 Å². The quantitative estimate of drug-likeness (QED) is 0.500. The highest BCUT2D eigenvalue weighted by Crippen LogP contribution is 2.36. The number of fused-ring (bicyclic) bond motifs is 1. The SMILES string of the molecule is COc1cc(/C=C/c2nc3n(n2)CCC[C@@]3(O)c2ccc(F)cc2)ccc1-n1cnc(C)c1. The molecule has 1 aliphatic rings. The summed E-state index contributed by atoms with van der Waals surface area (Å²) in [5.74, 6) is 1.36. The number of aryl methyl sites for hydroxylation is 2. The number of hydrogen-bond donors (Lipinski definition) is 1. The Morgan fingerprint density at radius 1 is 1.15 bits per heavy atom. The van der Waals surface area contributed by atoms with Crippen LogP contribution in [0.15, 0.2) is 55.0 Å². The first-order valence-corrected chi connectivity index (χ1v) is 10.8. The molecule has 7 nitrogen and oxygen atoms in total. The average Bonchev–Trinajstić information content (AvgIpc) is 3.45. The number of methoxy groups -OCH3 is 1. The summed E-state index contributed by atoms with van der Waals surface area (Å²) in [6.07, 6.45) is 8.67. The lowest BCUT2D eigenvalue weighted by Crippen LogP contribution is -2.35. The van der Waals surface area contributed by atoms with Gasteiger partial charge >= 0.3 is 0 Å². The molecule has 1 atom stereocenters. The van der Waals surface area contributed by atoms with Gasteiger partial charge in [0.25, 0.3) is 0 Å². The smallest absolute Gasteiger partial charge is 0.174 e. The fourth-order valence-corrected chi connectivity index (χ4v) is 4.22. The molecule has 168 valence electrons. The maximum absolute atomic E-state index is 13.4. The maximum atomic E-state index is 13.4. The first kappa shape index (κ1) is 21.1. The van der Waals surface area contributed by atoms with Gasteiger partial charge in [0.05, 0.1) is 24.8 Å². The van der Waals surface area contributed by atoms with E-state index >= 15 is 0 Å². The van der Waals surface area contributed by atoms with Crippen molar-refractivity contribution in [3.05, 3.63) is 89.3 Å². The van der Waals surface area contributed by atoms with Crippen LogP contribution in [-0.2, 0) is 12.1 Å². The van der Waals surface area contributed by atoms with E-state index in [-0.39, 0.29) is 5.82 Å². The minimum atomic E-state index is -1.29. The zero-order valence-electron chi connectivity index (χ0n) is 18.4. The van der Waals surface area contributed by atoms with E-state index in [1.54, 1.807) is 30.3 Å². The Morgan fingerprint density at radius 2 is 1.97 bits per heavy atom. The van der Waals surface area contributed by atoms with E-state index in [4.69, 9.17) is 4.74 Å². The second-order valence-corrected chi connectivity index (χ2v) is 8.17. The predicted molar refractivity (Wildman–Crippen MR) is 122 cm³/mol. The molecule has 5 rings (SSSR count). The lowest BCUT2D eigenvalue weighted by Gasteiger charge is -2.31. The first-order chi connectivity index (χ1) is 16.0. The van der Waals surface area contributed by atoms with Gasteiger partial charge in [-0.3, -0.25) is 0 Å². The molecule has 2 aromatic carbocycles. The zero-order chi connectivity index (χ0) is 23.0. The van der Waals surface area contributed by atoms with Crippen LogP contribution in [0, 0.1) is 12.7 Å². The van der Waals surface area contributed by atoms with Gasteiger partial charge in [0.15, 0.2) is 11.6 Å². The van der Waals surface area contributed by atoms with Crippen LogP contribution in [0.1, 0.15) is 41.3 Å². The number of imidazole rings is 1. The van der Waals surface area contributed by atoms with Gasteiger partial charge in [-0.15, -0.1) is 0 Å². The number of benzene rings is 2. The molecule has 0 saturated heterocycles. The Bertz CT molecular complexity index is 1330. The summed E-state index contributed by atoms with van der Waals surface area (Å²) in [5.41, 5.74) is 2.07. The van der Waals surface area contributed by atoms with Crippen molar-refractivity contribution in [2.24, 2.45) is 0 Å². The molecule has 1 aliphatic heterocycles. The fraction of sp³-hybridized carbons (Fsp3) is 0.240. The van der Waals surface area contributed by atoms with Gasteiger partial charge in [0, 0.05) is 12.7 Å². The minimum Gasteiger partial charge on any atom is -0.495 e. The standard InChI is InChI=1S/C25H24FN5O2/c1-17-15-30(16-27-17)21-10-4-18(14-22(21)33-2)5-11-23-28-24-25(32,12-3-13-31(24)29-23)19-6-8-20(26)9-7-19/h4-11,14-16,32H,3,12-13H2,1-2H3/b11-5+/t25-/m1/s1. The first-order valence-electron chi connectivity index (χ1n) is 10.8. The van der Waals surface area contributed by atoms with Crippen LogP contribution in [0.5, 0.6) is 5.75 Å². The Balaban J connectivity index is 1.43. The Hall–Kier alpha value is -3.78. The highest BCUT2D eigenvalue weighted by Gasteiger charge is 2.39. The van der Waals surface area contributed by atoms with Crippen LogP contribution in [0.4, 0.5) is 4.39 Å². The van der Waals surface area contributed by atoms with Crippen LogP contribution in [-0.4, -0.2) is 36.5 Å². The highest BCUT2D eigenvalue weighted by atomic mass is 19.1. The summed E-state index contributed by atoms with van der Waals surface area (Å²) in [5, 5.41) is 16.0. The molecule has 8 heteroatoms. The van der Waals surface area contributed by atoms with Gasteiger partial charge < -0.3 is 14.4 Å². The minimum absolute atomic E-state index is 0.340. The van der Waals surface area contributed by atoms with E-state index in [9.17, 15) is 9.50 Å². The Morgan fingerprint density at radius 3 is 2.70 bits per heavy atom. The molecule has 0 saturated carbocycles. The molecule has 0 fully saturated rings. The van der Waals surface area contributed by atoms with Crippen molar-refractivity contribution in [3.8, 4) is 11.4 Å². The Labute approximate surface area is 190 Å². The van der Waals surface area contributed by atoms with Gasteiger partial charge in [-0.25, -0.2) is 19.0 Å². The summed E-state index contributed by atoms with van der Waals surface area (Å²) in [6.45, 7) is 2.61. The van der Waals surface area contributed by atoms with Crippen LogP contribution < -0.4 is 4.74 Å². The number of hydrogen-bond acceptors (Lipinski definition) is 5. The van der Waals surface area contributed by atoms with E-state index in [0.29, 0.717) is 30.2 Å². The predicted octanol–water partition coefficient (Wildman–Crippen LogP) is 4.12. The lowest BCUT2D eigenvalue weighted by molar-refractivity contribution is 0.0394. The number of aromatic nitrogens is 5. The highest BCUT2D eigenvalue weighted by molar-refractivity contribution is 5.69. The summed E-state index contributed by atoms with van der Waals surface area (Å²) < 4.78 is 22.6. The molecule has 0 radical (unpaired) electrons. The molecule has 2 aromatic heterocycles. The summed E-state index contributed by atoms with van der Waals surface area (Å²) in [6, 6.07) is 11.8. The van der Waals surface area contributed by atoms with Crippen molar-refractivity contribution >= 4 is 12.2 Å². The van der Waals surface area contributed by atoms with Gasteiger partial charge in [-0.05, 0) is 61.2 Å². The molecule has 0 unspecified atom stereocenters. The van der Waals surface area contributed by atoms with Crippen LogP contribution >= 0.6 is 0 Å². The van der Waals surface area contributed by atoms with Crippen molar-refractivity contribution in [3.63, 3.8) is 0 Å². The van der Waals surface area contributed by atoms with Crippen molar-refractivity contribution in [1.82, 2.24) is 24.3 Å². The summed E-state index contributed by atoms with van der Waals surface area (Å²) >= 11 is 0. The van der Waals surface area contributed by atoms with Crippen molar-refractivity contribution in [2.45, 2.75) is 31.9 Å². The van der Waals surface area contributed by atoms with E-state index in [1.807, 2.05) is 48.0 Å². The fourth-order valence-electron chi connectivity index (χ4n) is 4.22. The molecular weight excluding hydrogens is 421 g/mol. The molecular formula is C25H24FN5O2. The van der Waals surface area contributed by atoms with Crippen LogP contribution in [0.3, 0.4) is 0 Å². The monoisotopic (exact) mass is 445 g/mol. The number of nitrogens with zero attached hydrogens (tertiary/aromatic N) is 5. The summed E-state index contributed by atoms with van der Waals surface area (Å²) in [4.78, 5) is 8.88. The second-order valence-electron chi connectivity index (χ2n) is 8.17. The van der Waals surface area contributed by atoms with E-state index in [1.165, 1.54) is 12.1 Å². The van der Waals surface area contributed by atoms with Crippen molar-refractivity contribution in [1.29, 1.82) is 0 Å². The third-order valence-corrected chi connectivity index (χ3v) is 5.91. The number of halogens is 1. The molecule has 0 spiro atoms. The van der Waals surface area contributed by atoms with E-state index < -0.39 is 5.60 Å². The van der Waals surface area contributed by atoms with Crippen LogP contribution in [0.2, 0.25) is 0 Å². The lowest BCUT2D eigenvalue weighted by atomic mass is 9.86. The third-order valence-electron chi connectivity index (χ3n) is 5.91. The van der Waals surface area contributed by atoms with Gasteiger partial charge in [0.1, 0.15) is 17.2 Å². The van der Waals surface area contributed by atoms with E-state index in [2.05, 4.69) is 15.1 Å². The zero-order valence-corrected chi connectivity index (χ0v) is 18.4. The molecule has 0 bridgehead atoms. The van der Waals surface area contributed by atoms with Gasteiger partial charge in [-0.2, -0.15) is 5.10 Å². The van der Waals surface area contributed by atoms with Crippen molar-refractivity contribution in [2.75, 3.05) is 7.11 Å². The number of aliphatic hydroxyl groups is 1. The molecule has 4 aromatic rings. The number of ether oxygens (including phenoxy) is 1. The van der Waals surface area contributed by atoms with Gasteiger partial charge in [-0.1, -0.05) is 24.3 Å².